The van der Waals surface area contributed by atoms with Crippen LogP contribution >= 0.6 is 11.3 Å². The highest BCUT2D eigenvalue weighted by atomic mass is 32.1. The van der Waals surface area contributed by atoms with Crippen LogP contribution in [0.4, 0.5) is 5.82 Å². The quantitative estimate of drug-likeness (QED) is 0.336. The van der Waals surface area contributed by atoms with Crippen LogP contribution in [0.15, 0.2) is 76.3 Å². The Labute approximate surface area is 228 Å². The normalized spacial score (nSPS) is 18.6. The summed E-state index contributed by atoms with van der Waals surface area (Å²) >= 11 is 1.49. The number of anilines is 1. The van der Waals surface area contributed by atoms with E-state index < -0.39 is 36.1 Å². The first-order valence-electron chi connectivity index (χ1n) is 12.4. The number of benzene rings is 2. The molecule has 3 heterocycles. The molecule has 1 aliphatic rings. The zero-order chi connectivity index (χ0) is 27.5. The molecule has 0 radical (unpaired) electrons. The number of nitrogens with zero attached hydrogens (tertiary/aromatic N) is 2. The fourth-order valence-electron chi connectivity index (χ4n) is 4.30. The molecule has 0 unspecified atom stereocenters. The van der Waals surface area contributed by atoms with Crippen molar-refractivity contribution in [1.82, 2.24) is 9.55 Å². The monoisotopic (exact) mass is 545 g/mol. The number of esters is 2. The van der Waals surface area contributed by atoms with Gasteiger partial charge in [-0.3, -0.25) is 4.57 Å². The van der Waals surface area contributed by atoms with Crippen molar-refractivity contribution in [3.63, 3.8) is 0 Å². The van der Waals surface area contributed by atoms with Gasteiger partial charge in [0.15, 0.2) is 0 Å². The molecule has 10 heteroatoms. The molecule has 0 aliphatic carbocycles. The van der Waals surface area contributed by atoms with Gasteiger partial charge in [-0.1, -0.05) is 35.4 Å². The first-order valence-corrected chi connectivity index (χ1v) is 13.3. The molecule has 4 aromatic rings. The lowest BCUT2D eigenvalue weighted by Crippen LogP contribution is -2.32. The summed E-state index contributed by atoms with van der Waals surface area (Å²) in [5, 5.41) is 3.80. The van der Waals surface area contributed by atoms with Crippen LogP contribution in [0, 0.1) is 13.8 Å². The van der Waals surface area contributed by atoms with Gasteiger partial charge in [0.1, 0.15) is 30.9 Å². The molecule has 39 heavy (non-hydrogen) atoms. The second kappa shape index (κ2) is 11.2. The Hall–Kier alpha value is -4.28. The lowest BCUT2D eigenvalue weighted by atomic mass is 10.1. The minimum Gasteiger partial charge on any atom is -0.459 e. The van der Waals surface area contributed by atoms with E-state index in [0.717, 1.165) is 16.7 Å². The van der Waals surface area contributed by atoms with Gasteiger partial charge in [0, 0.05) is 18.2 Å². The second-order valence-electron chi connectivity index (χ2n) is 9.38. The molecule has 9 nitrogen and oxygen atoms in total. The average molecular weight is 546 g/mol. The van der Waals surface area contributed by atoms with Gasteiger partial charge >= 0.3 is 17.6 Å². The molecule has 2 aromatic carbocycles. The Kier molecular flexibility index (Phi) is 7.58. The van der Waals surface area contributed by atoms with Crippen LogP contribution in [0.25, 0.3) is 11.1 Å². The Morgan fingerprint density at radius 3 is 2.28 bits per heavy atom. The highest BCUT2D eigenvalue weighted by molar-refractivity contribution is 7.08. The number of hydrogen-bond donors (Lipinski definition) is 1. The summed E-state index contributed by atoms with van der Waals surface area (Å²) in [6, 6.07) is 15.9. The third kappa shape index (κ3) is 5.92. The standard InChI is InChI=1S/C29H27N3O6S/c1-17-3-7-19(8-4-17)27(33)36-15-24-23(38-28(34)20-9-5-18(2)6-10-20)13-25(37-24)32-14-22(21-11-12-39-16-21)26(30)31-29(32)35/h3-12,14,16,23-25H,13,15H2,1-2H3,(H2,30,31,35)/t23-,24+,25-/m0/s1. The van der Waals surface area contributed by atoms with Crippen molar-refractivity contribution in [1.29, 1.82) is 0 Å². The van der Waals surface area contributed by atoms with Crippen LogP contribution in [0.1, 0.15) is 44.5 Å². The largest absolute Gasteiger partial charge is 0.459 e. The third-order valence-electron chi connectivity index (χ3n) is 6.52. The van der Waals surface area contributed by atoms with Crippen LogP contribution in [-0.2, 0) is 14.2 Å². The van der Waals surface area contributed by atoms with Gasteiger partial charge in [0.2, 0.25) is 0 Å². The molecule has 0 bridgehead atoms. The summed E-state index contributed by atoms with van der Waals surface area (Å²) in [4.78, 5) is 42.4. The fraction of sp³-hybridized carbons (Fsp3) is 0.241. The molecular formula is C29H27N3O6S. The van der Waals surface area contributed by atoms with Crippen molar-refractivity contribution in [3.05, 3.63) is 104 Å². The molecular weight excluding hydrogens is 518 g/mol. The van der Waals surface area contributed by atoms with E-state index in [1.165, 1.54) is 15.9 Å². The van der Waals surface area contributed by atoms with E-state index in [1.54, 1.807) is 30.5 Å². The van der Waals surface area contributed by atoms with Gasteiger partial charge in [-0.2, -0.15) is 16.3 Å². The summed E-state index contributed by atoms with van der Waals surface area (Å²) in [6.07, 6.45) is -0.672. The minimum absolute atomic E-state index is 0.110. The number of hydrogen-bond acceptors (Lipinski definition) is 9. The van der Waals surface area contributed by atoms with Crippen molar-refractivity contribution in [3.8, 4) is 11.1 Å². The first kappa shape index (κ1) is 26.3. The third-order valence-corrected chi connectivity index (χ3v) is 7.20. The first-order chi connectivity index (χ1) is 18.8. The number of carbonyl (C=O) groups excluding carboxylic acids is 2. The van der Waals surface area contributed by atoms with Gasteiger partial charge in [0.25, 0.3) is 0 Å². The van der Waals surface area contributed by atoms with E-state index in [2.05, 4.69) is 4.98 Å². The zero-order valence-electron chi connectivity index (χ0n) is 21.4. The Morgan fingerprint density at radius 1 is 1.03 bits per heavy atom. The summed E-state index contributed by atoms with van der Waals surface area (Å²) in [5.41, 5.74) is 9.64. The molecule has 3 atom stereocenters. The fourth-order valence-corrected chi connectivity index (χ4v) is 4.95. The van der Waals surface area contributed by atoms with E-state index in [0.29, 0.717) is 16.7 Å². The molecule has 200 valence electrons. The van der Waals surface area contributed by atoms with E-state index >= 15 is 0 Å². The number of thiophene rings is 1. The van der Waals surface area contributed by atoms with Gasteiger partial charge in [-0.15, -0.1) is 0 Å². The average Bonchev–Trinajstić information content (AvgIpc) is 3.59. The number of rotatable bonds is 7. The van der Waals surface area contributed by atoms with Crippen LogP contribution in [-0.4, -0.2) is 40.3 Å². The maximum atomic E-state index is 12.9. The number of aryl methyl sites for hydroxylation is 2. The number of nitrogens with two attached hydrogens (primary N) is 1. The second-order valence-corrected chi connectivity index (χ2v) is 10.2. The minimum atomic E-state index is -0.818. The van der Waals surface area contributed by atoms with Crippen molar-refractivity contribution < 1.29 is 23.8 Å². The SMILES string of the molecule is Cc1ccc(C(=O)OC[C@H]2O[C@H](n3cc(-c4ccsc4)c(N)nc3=O)C[C@@H]2OC(=O)c2ccc(C)cc2)cc1. The van der Waals surface area contributed by atoms with Crippen molar-refractivity contribution in [2.75, 3.05) is 12.3 Å². The zero-order valence-corrected chi connectivity index (χ0v) is 22.2. The highest BCUT2D eigenvalue weighted by Gasteiger charge is 2.40. The summed E-state index contributed by atoms with van der Waals surface area (Å²) < 4.78 is 18.8. The lowest BCUT2D eigenvalue weighted by molar-refractivity contribution is -0.0581. The van der Waals surface area contributed by atoms with Crippen molar-refractivity contribution in [2.24, 2.45) is 0 Å². The predicted octanol–water partition coefficient (Wildman–Crippen LogP) is 4.54. The molecule has 0 saturated carbocycles. The molecule has 0 spiro atoms. The van der Waals surface area contributed by atoms with Crippen LogP contribution in [0.3, 0.4) is 0 Å². The van der Waals surface area contributed by atoms with Gasteiger partial charge in [0.05, 0.1) is 11.1 Å². The number of carbonyl (C=O) groups is 2. The molecule has 2 aromatic heterocycles. The topological polar surface area (TPSA) is 123 Å². The maximum Gasteiger partial charge on any atom is 0.351 e. The highest BCUT2D eigenvalue weighted by Crippen LogP contribution is 2.33. The molecule has 1 aliphatic heterocycles. The van der Waals surface area contributed by atoms with E-state index in [4.69, 9.17) is 19.9 Å². The molecule has 2 N–H and O–H groups in total. The lowest BCUT2D eigenvalue weighted by Gasteiger charge is -2.19. The van der Waals surface area contributed by atoms with E-state index in [1.807, 2.05) is 54.9 Å². The van der Waals surface area contributed by atoms with Crippen LogP contribution in [0.2, 0.25) is 0 Å². The van der Waals surface area contributed by atoms with Gasteiger partial charge in [-0.05, 0) is 60.5 Å². The van der Waals surface area contributed by atoms with Gasteiger partial charge < -0.3 is 19.9 Å². The number of ether oxygens (including phenoxy) is 3. The van der Waals surface area contributed by atoms with Crippen LogP contribution in [0.5, 0.6) is 0 Å². The predicted molar refractivity (Wildman–Crippen MR) is 147 cm³/mol. The summed E-state index contributed by atoms with van der Waals surface area (Å²) in [6.45, 7) is 3.67. The Morgan fingerprint density at radius 2 is 1.67 bits per heavy atom. The molecule has 1 fully saturated rings. The van der Waals surface area contributed by atoms with Gasteiger partial charge in [-0.25, -0.2) is 14.4 Å². The molecule has 5 rings (SSSR count). The molecule has 1 saturated heterocycles. The Balaban J connectivity index is 1.39. The van der Waals surface area contributed by atoms with Crippen molar-refractivity contribution in [2.45, 2.75) is 38.7 Å². The van der Waals surface area contributed by atoms with Crippen LogP contribution < -0.4 is 11.4 Å². The van der Waals surface area contributed by atoms with E-state index in [9.17, 15) is 14.4 Å². The summed E-state index contributed by atoms with van der Waals surface area (Å²) in [5.74, 6) is -0.962. The van der Waals surface area contributed by atoms with Crippen molar-refractivity contribution >= 4 is 29.1 Å². The molecule has 0 amide bonds. The number of aromatic nitrogens is 2. The Bertz CT molecular complexity index is 1530. The summed E-state index contributed by atoms with van der Waals surface area (Å²) in [7, 11) is 0. The van der Waals surface area contributed by atoms with E-state index in [-0.39, 0.29) is 18.8 Å². The smallest absolute Gasteiger partial charge is 0.351 e. The maximum absolute atomic E-state index is 12.9. The number of nitrogen functional groups attached to an aromatic ring is 1.